The van der Waals surface area contributed by atoms with Crippen molar-refractivity contribution in [2.24, 2.45) is 16.2 Å². The number of hydrogen-bond acceptors (Lipinski definition) is 6. The third-order valence-corrected chi connectivity index (χ3v) is 7.70. The van der Waals surface area contributed by atoms with Gasteiger partial charge >= 0.3 is 18.5 Å². The van der Waals surface area contributed by atoms with Crippen LogP contribution in [0.15, 0.2) is 59.1 Å². The first-order chi connectivity index (χ1) is 20.7. The lowest BCUT2D eigenvalue weighted by Gasteiger charge is -2.42. The van der Waals surface area contributed by atoms with Crippen molar-refractivity contribution in [3.05, 3.63) is 82.2 Å². The smallest absolute Gasteiger partial charge is 0.347 e. The Balaban J connectivity index is 2.15. The van der Waals surface area contributed by atoms with Gasteiger partial charge in [0.05, 0.1) is 16.7 Å². The van der Waals surface area contributed by atoms with Crippen molar-refractivity contribution in [1.82, 2.24) is 19.8 Å². The lowest BCUT2D eigenvalue weighted by atomic mass is 9.93. The van der Waals surface area contributed by atoms with Crippen LogP contribution in [0.1, 0.15) is 59.7 Å². The Morgan fingerprint density at radius 3 is 2.00 bits per heavy atom. The molecule has 2 atom stereocenters. The molecule has 1 fully saturated rings. The summed E-state index contributed by atoms with van der Waals surface area (Å²) in [5.74, 6) is 5.22. The van der Waals surface area contributed by atoms with Crippen LogP contribution in [0.5, 0.6) is 0 Å². The lowest BCUT2D eigenvalue weighted by Crippen LogP contribution is -2.51. The topological polar surface area (TPSA) is 63.7 Å². The summed E-state index contributed by atoms with van der Waals surface area (Å²) in [5, 5.41) is 8.20. The molecule has 0 saturated carbocycles. The normalized spacial score (nSPS) is 18.0. The third-order valence-electron chi connectivity index (χ3n) is 7.70. The summed E-state index contributed by atoms with van der Waals surface area (Å²) in [7, 11) is 3.28. The van der Waals surface area contributed by atoms with Gasteiger partial charge in [0.2, 0.25) is 0 Å². The molecule has 16 heteroatoms. The van der Waals surface area contributed by atoms with Crippen LogP contribution >= 0.6 is 0 Å². The van der Waals surface area contributed by atoms with Gasteiger partial charge in [-0.2, -0.15) is 39.5 Å². The minimum absolute atomic E-state index is 0.000449. The minimum atomic E-state index is -5.10. The standard InChI is InChI=1S/C29H36F9N7/c1-6-26(44-10-9-42(4)18(2)15-44)25-8-7-22(27(30,31)32)13-21(25)17-45(19(3)40-41-43(5)39)16-20-11-23(28(33,34)35)14-24(12-20)29(36,37)38/h7-8,11-14,18,26H,3,6,9-10,15-17,39H2,1-2,4-5H3. The molecule has 7 nitrogen and oxygen atoms in total. The Bertz CT molecular complexity index is 1320. The van der Waals surface area contributed by atoms with Crippen LogP contribution in [-0.2, 0) is 31.6 Å². The summed E-state index contributed by atoms with van der Waals surface area (Å²) in [5.41, 5.74) is -3.75. The van der Waals surface area contributed by atoms with Crippen molar-refractivity contribution in [3.8, 4) is 0 Å². The SMILES string of the molecule is C=C(N=NN(C)N)N(Cc1cc(C(F)(F)F)cc(C(F)(F)F)c1)Cc1cc(C(F)(F)F)ccc1C(CC)N1CCN(C)C(C)C1. The summed E-state index contributed by atoms with van der Waals surface area (Å²) >= 11 is 0. The van der Waals surface area contributed by atoms with Gasteiger partial charge in [-0.1, -0.05) is 24.8 Å². The van der Waals surface area contributed by atoms with Gasteiger partial charge in [0.1, 0.15) is 5.82 Å². The van der Waals surface area contributed by atoms with Crippen LogP contribution in [0, 0.1) is 0 Å². The molecule has 0 aliphatic carbocycles. The van der Waals surface area contributed by atoms with Gasteiger partial charge in [-0.15, -0.1) is 5.11 Å². The Morgan fingerprint density at radius 1 is 0.933 bits per heavy atom. The Labute approximate surface area is 255 Å². The van der Waals surface area contributed by atoms with E-state index in [1.165, 1.54) is 18.0 Å². The van der Waals surface area contributed by atoms with Crippen molar-refractivity contribution in [3.63, 3.8) is 0 Å². The minimum Gasteiger partial charge on any atom is -0.347 e. The number of likely N-dealkylation sites (N-methyl/N-ethyl adjacent to an activating group) is 1. The summed E-state index contributed by atoms with van der Waals surface area (Å²) in [6.45, 7) is 8.65. The second-order valence-electron chi connectivity index (χ2n) is 11.1. The molecule has 2 unspecified atom stereocenters. The van der Waals surface area contributed by atoms with Gasteiger partial charge in [-0.25, -0.2) is 11.0 Å². The van der Waals surface area contributed by atoms with Crippen molar-refractivity contribution >= 4 is 0 Å². The van der Waals surface area contributed by atoms with Crippen LogP contribution in [-0.4, -0.2) is 59.6 Å². The number of rotatable bonds is 10. The van der Waals surface area contributed by atoms with E-state index in [1.54, 1.807) is 0 Å². The number of nitrogens with zero attached hydrogens (tertiary/aromatic N) is 6. The first-order valence-electron chi connectivity index (χ1n) is 14.0. The van der Waals surface area contributed by atoms with Crippen molar-refractivity contribution in [2.75, 3.05) is 33.7 Å². The highest BCUT2D eigenvalue weighted by atomic mass is 19.4. The molecule has 3 rings (SSSR count). The van der Waals surface area contributed by atoms with E-state index >= 15 is 0 Å². The highest BCUT2D eigenvalue weighted by Crippen LogP contribution is 2.38. The molecule has 45 heavy (non-hydrogen) atoms. The fourth-order valence-electron chi connectivity index (χ4n) is 5.24. The van der Waals surface area contributed by atoms with Gasteiger partial charge in [-0.3, -0.25) is 4.90 Å². The van der Waals surface area contributed by atoms with Crippen molar-refractivity contribution < 1.29 is 39.5 Å². The number of nitrogens with two attached hydrogens (primary N) is 1. The number of halogens is 9. The third kappa shape index (κ3) is 9.56. The van der Waals surface area contributed by atoms with Gasteiger partial charge in [0, 0.05) is 51.9 Å². The van der Waals surface area contributed by atoms with Crippen LogP contribution in [0.25, 0.3) is 0 Å². The fraction of sp³-hybridized carbons (Fsp3) is 0.517. The van der Waals surface area contributed by atoms with Crippen LogP contribution in [0.3, 0.4) is 0 Å². The number of benzene rings is 2. The van der Waals surface area contributed by atoms with Crippen LogP contribution in [0.2, 0.25) is 0 Å². The molecule has 0 aromatic heterocycles. The molecule has 1 heterocycles. The molecule has 2 aromatic rings. The number of piperazine rings is 1. The van der Waals surface area contributed by atoms with E-state index in [4.69, 9.17) is 5.84 Å². The Hall–Kier alpha value is -3.37. The molecular weight excluding hydrogens is 617 g/mol. The predicted octanol–water partition coefficient (Wildman–Crippen LogP) is 7.48. The quantitative estimate of drug-likeness (QED) is 0.125. The Kier molecular flexibility index (Phi) is 11.2. The van der Waals surface area contributed by atoms with Gasteiger partial charge in [-0.05, 0) is 67.4 Å². The Morgan fingerprint density at radius 2 is 1.51 bits per heavy atom. The fourth-order valence-corrected chi connectivity index (χ4v) is 5.24. The molecule has 0 radical (unpaired) electrons. The van der Waals surface area contributed by atoms with E-state index in [-0.39, 0.29) is 36.1 Å². The molecule has 2 N–H and O–H groups in total. The molecule has 1 aliphatic heterocycles. The molecule has 250 valence electrons. The zero-order chi connectivity index (χ0) is 33.9. The molecule has 1 aliphatic rings. The maximum atomic E-state index is 13.9. The predicted molar refractivity (Wildman–Crippen MR) is 150 cm³/mol. The van der Waals surface area contributed by atoms with Gasteiger partial charge < -0.3 is 9.80 Å². The lowest BCUT2D eigenvalue weighted by molar-refractivity contribution is -0.143. The first kappa shape index (κ1) is 36.1. The number of alkyl halides is 9. The highest BCUT2D eigenvalue weighted by Gasteiger charge is 2.38. The molecule has 0 amide bonds. The molecule has 2 aromatic carbocycles. The number of hydrazine groups is 1. The zero-order valence-electron chi connectivity index (χ0n) is 25.2. The van der Waals surface area contributed by atoms with Crippen molar-refractivity contribution in [1.29, 1.82) is 0 Å². The van der Waals surface area contributed by atoms with Crippen molar-refractivity contribution in [2.45, 2.75) is 64.0 Å². The maximum Gasteiger partial charge on any atom is 0.416 e. The van der Waals surface area contributed by atoms with E-state index in [0.717, 1.165) is 23.8 Å². The largest absolute Gasteiger partial charge is 0.416 e. The molecule has 0 bridgehead atoms. The summed E-state index contributed by atoms with van der Waals surface area (Å²) < 4.78 is 123. The van der Waals surface area contributed by atoms with Gasteiger partial charge in [0.25, 0.3) is 0 Å². The van der Waals surface area contributed by atoms with E-state index in [0.29, 0.717) is 37.2 Å². The average Bonchev–Trinajstić information content (AvgIpc) is 2.92. The van der Waals surface area contributed by atoms with E-state index in [1.807, 2.05) is 20.9 Å². The summed E-state index contributed by atoms with van der Waals surface area (Å²) in [4.78, 5) is 5.48. The average molecular weight is 654 g/mol. The van der Waals surface area contributed by atoms with E-state index in [2.05, 4.69) is 26.7 Å². The zero-order valence-corrected chi connectivity index (χ0v) is 25.2. The molecule has 0 spiro atoms. The van der Waals surface area contributed by atoms with Crippen LogP contribution < -0.4 is 5.84 Å². The van der Waals surface area contributed by atoms with Crippen LogP contribution in [0.4, 0.5) is 39.5 Å². The maximum absolute atomic E-state index is 13.9. The second-order valence-corrected chi connectivity index (χ2v) is 11.1. The monoisotopic (exact) mass is 653 g/mol. The summed E-state index contributed by atoms with van der Waals surface area (Å²) in [6.07, 6.45) is -14.4. The first-order valence-corrected chi connectivity index (χ1v) is 14.0. The van der Waals surface area contributed by atoms with Gasteiger partial charge in [0.15, 0.2) is 0 Å². The second kappa shape index (κ2) is 14.0. The molecular formula is C29H36F9N7. The van der Waals surface area contributed by atoms with E-state index < -0.39 is 47.3 Å². The molecule has 1 saturated heterocycles. The highest BCUT2D eigenvalue weighted by molar-refractivity contribution is 5.37. The summed E-state index contributed by atoms with van der Waals surface area (Å²) in [6, 6.07) is 4.22. The number of hydrogen-bond donors (Lipinski definition) is 1. The van der Waals surface area contributed by atoms with E-state index in [9.17, 15) is 39.5 Å².